The average Bonchev–Trinajstić information content (AvgIpc) is 3.08. The van der Waals surface area contributed by atoms with Gasteiger partial charge in [0, 0.05) is 18.3 Å². The first-order valence-corrected chi connectivity index (χ1v) is 8.43. The molecule has 25 heavy (non-hydrogen) atoms. The van der Waals surface area contributed by atoms with Gasteiger partial charge in [-0.3, -0.25) is 9.36 Å². The summed E-state index contributed by atoms with van der Waals surface area (Å²) < 4.78 is 7.40. The minimum Gasteiger partial charge on any atom is -0.369 e. The molecular weight excluding hydrogens is 316 g/mol. The molecule has 3 aromatic rings. The summed E-state index contributed by atoms with van der Waals surface area (Å²) in [4.78, 5) is 20.9. The molecule has 0 aliphatic heterocycles. The quantitative estimate of drug-likeness (QED) is 0.719. The topological polar surface area (TPSA) is 69.0 Å². The van der Waals surface area contributed by atoms with Crippen LogP contribution in [-0.2, 0) is 16.1 Å². The molecule has 0 aliphatic rings. The molecule has 1 amide bonds. The van der Waals surface area contributed by atoms with E-state index in [0.29, 0.717) is 6.54 Å². The third-order valence-electron chi connectivity index (χ3n) is 4.10. The number of aromatic nitrogens is 3. The van der Waals surface area contributed by atoms with E-state index in [4.69, 9.17) is 4.74 Å². The van der Waals surface area contributed by atoms with E-state index in [0.717, 1.165) is 28.8 Å². The highest BCUT2D eigenvalue weighted by atomic mass is 16.5. The molecule has 0 saturated carbocycles. The maximum atomic E-state index is 12.0. The number of rotatable bonds is 7. The number of nitrogens with one attached hydrogen (secondary N) is 1. The number of pyridine rings is 1. The monoisotopic (exact) mass is 338 g/mol. The van der Waals surface area contributed by atoms with Crippen molar-refractivity contribution in [3.05, 3.63) is 54.5 Å². The predicted octanol–water partition coefficient (Wildman–Crippen LogP) is 2.85. The van der Waals surface area contributed by atoms with E-state index < -0.39 is 0 Å². The van der Waals surface area contributed by atoms with Gasteiger partial charge in [-0.1, -0.05) is 25.1 Å². The van der Waals surface area contributed by atoms with Crippen LogP contribution in [-0.4, -0.2) is 33.2 Å². The number of imidazole rings is 1. The van der Waals surface area contributed by atoms with E-state index in [2.05, 4.69) is 15.3 Å². The Bertz CT molecular complexity index is 859. The van der Waals surface area contributed by atoms with E-state index in [-0.39, 0.29) is 18.6 Å². The van der Waals surface area contributed by atoms with Gasteiger partial charge in [0.25, 0.3) is 0 Å². The molecule has 1 unspecified atom stereocenters. The Kier molecular flexibility index (Phi) is 5.40. The molecule has 0 spiro atoms. The van der Waals surface area contributed by atoms with E-state index in [1.54, 1.807) is 12.5 Å². The number of para-hydroxylation sites is 2. The molecular formula is C19H22N4O2. The minimum atomic E-state index is -0.134. The van der Waals surface area contributed by atoms with Crippen LogP contribution in [0.1, 0.15) is 25.8 Å². The molecule has 0 saturated heterocycles. The number of hydrogen-bond acceptors (Lipinski definition) is 4. The van der Waals surface area contributed by atoms with Crippen molar-refractivity contribution < 1.29 is 9.53 Å². The van der Waals surface area contributed by atoms with Crippen molar-refractivity contribution in [3.8, 4) is 5.82 Å². The van der Waals surface area contributed by atoms with Gasteiger partial charge in [-0.05, 0) is 31.5 Å². The van der Waals surface area contributed by atoms with Gasteiger partial charge in [0.1, 0.15) is 18.8 Å². The van der Waals surface area contributed by atoms with E-state index in [1.807, 2.05) is 54.8 Å². The summed E-state index contributed by atoms with van der Waals surface area (Å²) >= 11 is 0. The highest BCUT2D eigenvalue weighted by molar-refractivity contribution is 5.78. The number of ether oxygens (including phenoxy) is 1. The number of carbonyl (C=O) groups is 1. The van der Waals surface area contributed by atoms with Gasteiger partial charge in [-0.25, -0.2) is 9.97 Å². The lowest BCUT2D eigenvalue weighted by Gasteiger charge is -2.13. The fourth-order valence-corrected chi connectivity index (χ4v) is 2.49. The van der Waals surface area contributed by atoms with Crippen molar-refractivity contribution in [2.75, 3.05) is 6.61 Å². The van der Waals surface area contributed by atoms with Crippen molar-refractivity contribution in [3.63, 3.8) is 0 Å². The van der Waals surface area contributed by atoms with Gasteiger partial charge in [0.2, 0.25) is 5.91 Å². The Hall–Kier alpha value is -2.73. The molecule has 0 radical (unpaired) electrons. The van der Waals surface area contributed by atoms with Crippen LogP contribution in [0.5, 0.6) is 0 Å². The second-order valence-electron chi connectivity index (χ2n) is 5.90. The molecule has 2 aromatic heterocycles. The maximum Gasteiger partial charge on any atom is 0.246 e. The number of hydrogen-bond donors (Lipinski definition) is 1. The van der Waals surface area contributed by atoms with Gasteiger partial charge in [-0.15, -0.1) is 0 Å². The van der Waals surface area contributed by atoms with Gasteiger partial charge in [-0.2, -0.15) is 0 Å². The third-order valence-corrected chi connectivity index (χ3v) is 4.10. The number of nitrogens with zero attached hydrogens (tertiary/aromatic N) is 3. The second-order valence-corrected chi connectivity index (χ2v) is 5.90. The van der Waals surface area contributed by atoms with Crippen LogP contribution in [0.4, 0.5) is 0 Å². The minimum absolute atomic E-state index is 0.0681. The number of carbonyl (C=O) groups excluding carboxylic acids is 1. The lowest BCUT2D eigenvalue weighted by Crippen LogP contribution is -2.29. The highest BCUT2D eigenvalue weighted by Gasteiger charge is 2.11. The predicted molar refractivity (Wildman–Crippen MR) is 96.4 cm³/mol. The van der Waals surface area contributed by atoms with Gasteiger partial charge >= 0.3 is 0 Å². The highest BCUT2D eigenvalue weighted by Crippen LogP contribution is 2.19. The van der Waals surface area contributed by atoms with Crippen LogP contribution in [0.3, 0.4) is 0 Å². The zero-order chi connectivity index (χ0) is 17.6. The molecule has 6 nitrogen and oxygen atoms in total. The Labute approximate surface area is 146 Å². The number of amides is 1. The molecule has 0 bridgehead atoms. The summed E-state index contributed by atoms with van der Waals surface area (Å²) in [6, 6.07) is 11.7. The Morgan fingerprint density at radius 3 is 2.92 bits per heavy atom. The van der Waals surface area contributed by atoms with Crippen LogP contribution < -0.4 is 5.32 Å². The molecule has 0 aliphatic carbocycles. The zero-order valence-electron chi connectivity index (χ0n) is 14.5. The Morgan fingerprint density at radius 2 is 2.08 bits per heavy atom. The summed E-state index contributed by atoms with van der Waals surface area (Å²) in [5.41, 5.74) is 2.81. The SMILES string of the molecule is CCC(C)OCC(=O)NCc1cccnc1-n1cnc2ccccc21. The Balaban J connectivity index is 1.75. The van der Waals surface area contributed by atoms with Crippen molar-refractivity contribution in [1.82, 2.24) is 19.9 Å². The first kappa shape index (κ1) is 17.1. The van der Waals surface area contributed by atoms with E-state index in [9.17, 15) is 4.79 Å². The van der Waals surface area contributed by atoms with Crippen LogP contribution in [0.15, 0.2) is 48.9 Å². The third kappa shape index (κ3) is 4.03. The summed E-state index contributed by atoms with van der Waals surface area (Å²) in [7, 11) is 0. The molecule has 2 heterocycles. The van der Waals surface area contributed by atoms with Crippen LogP contribution in [0.2, 0.25) is 0 Å². The van der Waals surface area contributed by atoms with Gasteiger partial charge in [0.15, 0.2) is 0 Å². The molecule has 1 N–H and O–H groups in total. The zero-order valence-corrected chi connectivity index (χ0v) is 14.5. The standard InChI is InChI=1S/C19H22N4O2/c1-3-14(2)25-12-18(24)21-11-15-7-6-10-20-19(15)23-13-22-16-8-4-5-9-17(16)23/h4-10,13-14H,3,11-12H2,1-2H3,(H,21,24). The lowest BCUT2D eigenvalue weighted by molar-refractivity contribution is -0.127. The maximum absolute atomic E-state index is 12.0. The fraction of sp³-hybridized carbons (Fsp3) is 0.316. The van der Waals surface area contributed by atoms with Crippen molar-refractivity contribution >= 4 is 16.9 Å². The first-order valence-electron chi connectivity index (χ1n) is 8.43. The number of fused-ring (bicyclic) bond motifs is 1. The van der Waals surface area contributed by atoms with Crippen LogP contribution in [0, 0.1) is 0 Å². The second kappa shape index (κ2) is 7.90. The first-order chi connectivity index (χ1) is 12.2. The summed E-state index contributed by atoms with van der Waals surface area (Å²) in [5.74, 6) is 0.630. The van der Waals surface area contributed by atoms with Gasteiger partial charge < -0.3 is 10.1 Å². The smallest absolute Gasteiger partial charge is 0.246 e. The molecule has 0 fully saturated rings. The Morgan fingerprint density at radius 1 is 1.24 bits per heavy atom. The van der Waals surface area contributed by atoms with Crippen LogP contribution in [0.25, 0.3) is 16.9 Å². The number of benzene rings is 1. The fourth-order valence-electron chi connectivity index (χ4n) is 2.49. The molecule has 1 atom stereocenters. The van der Waals surface area contributed by atoms with E-state index in [1.165, 1.54) is 0 Å². The largest absolute Gasteiger partial charge is 0.369 e. The lowest BCUT2D eigenvalue weighted by atomic mass is 10.2. The summed E-state index contributed by atoms with van der Waals surface area (Å²) in [6.45, 7) is 4.44. The van der Waals surface area contributed by atoms with Crippen molar-refractivity contribution in [1.29, 1.82) is 0 Å². The normalized spacial score (nSPS) is 12.2. The molecule has 3 rings (SSSR count). The molecule has 130 valence electrons. The summed E-state index contributed by atoms with van der Waals surface area (Å²) in [5, 5.41) is 2.89. The van der Waals surface area contributed by atoms with Gasteiger partial charge in [0.05, 0.1) is 17.1 Å². The molecule has 1 aromatic carbocycles. The average molecular weight is 338 g/mol. The summed E-state index contributed by atoms with van der Waals surface area (Å²) in [6.07, 6.45) is 4.46. The van der Waals surface area contributed by atoms with Crippen LogP contribution >= 0.6 is 0 Å². The van der Waals surface area contributed by atoms with Crippen molar-refractivity contribution in [2.24, 2.45) is 0 Å². The van der Waals surface area contributed by atoms with Crippen molar-refractivity contribution in [2.45, 2.75) is 32.9 Å². The van der Waals surface area contributed by atoms with E-state index >= 15 is 0 Å². The molecule has 6 heteroatoms.